The van der Waals surface area contributed by atoms with Crippen LogP contribution in [0.3, 0.4) is 0 Å². The number of ketones is 3. The van der Waals surface area contributed by atoms with Gasteiger partial charge in [-0.15, -0.1) is 0 Å². The molecule has 0 aliphatic carbocycles. The van der Waals surface area contributed by atoms with Crippen molar-refractivity contribution in [2.75, 3.05) is 0 Å². The van der Waals surface area contributed by atoms with E-state index in [0.717, 1.165) is 11.3 Å². The zero-order valence-electron chi connectivity index (χ0n) is 13.6. The molecule has 3 rings (SSSR count). The Bertz CT molecular complexity index is 908. The molecule has 0 radical (unpaired) electrons. The van der Waals surface area contributed by atoms with E-state index in [9.17, 15) is 14.4 Å². The molecule has 7 nitrogen and oxygen atoms in total. The van der Waals surface area contributed by atoms with Crippen molar-refractivity contribution in [1.29, 1.82) is 0 Å². The highest BCUT2D eigenvalue weighted by Gasteiger charge is 2.20. The van der Waals surface area contributed by atoms with Crippen molar-refractivity contribution in [3.63, 3.8) is 0 Å². The summed E-state index contributed by atoms with van der Waals surface area (Å²) in [5, 5.41) is 5.98. The van der Waals surface area contributed by atoms with Crippen LogP contribution in [0.5, 0.6) is 0 Å². The predicted molar refractivity (Wildman–Crippen MR) is 89.4 cm³/mol. The number of Topliss-reactive ketones (excluding diaryl/α,β-unsaturated/α-hetero) is 3. The molecule has 0 aliphatic heterocycles. The maximum absolute atomic E-state index is 12.1. The van der Waals surface area contributed by atoms with E-state index in [0.29, 0.717) is 12.1 Å². The average molecular weight is 336 g/mol. The van der Waals surface area contributed by atoms with Crippen molar-refractivity contribution in [2.45, 2.75) is 19.9 Å². The van der Waals surface area contributed by atoms with E-state index >= 15 is 0 Å². The molecule has 0 aliphatic rings. The Morgan fingerprint density at radius 1 is 1.12 bits per heavy atom. The van der Waals surface area contributed by atoms with Crippen LogP contribution in [0.4, 0.5) is 0 Å². The Balaban J connectivity index is 1.71. The molecule has 0 spiro atoms. The molecular formula is C18H16N4O3. The lowest BCUT2D eigenvalue weighted by Crippen LogP contribution is -2.20. The van der Waals surface area contributed by atoms with E-state index in [1.807, 2.05) is 29.0 Å². The smallest absolute Gasteiger partial charge is 0.265 e. The number of nitrogens with one attached hydrogen (secondary N) is 1. The van der Waals surface area contributed by atoms with Crippen LogP contribution >= 0.6 is 0 Å². The number of hydrogen-bond donors (Lipinski definition) is 1. The van der Waals surface area contributed by atoms with E-state index in [-0.39, 0.29) is 18.0 Å². The topological polar surface area (TPSA) is 97.7 Å². The largest absolute Gasteiger partial charge is 0.347 e. The van der Waals surface area contributed by atoms with E-state index in [4.69, 9.17) is 0 Å². The molecule has 2 aromatic heterocycles. The first-order chi connectivity index (χ1) is 12.0. The minimum absolute atomic E-state index is 0.0158. The Labute approximate surface area is 143 Å². The highest BCUT2D eigenvalue weighted by molar-refractivity contribution is 6.43. The number of carbonyl (C=O) groups excluding carboxylic acids is 3. The zero-order chi connectivity index (χ0) is 17.8. The van der Waals surface area contributed by atoms with Crippen LogP contribution in [0, 0.1) is 0 Å². The number of aromatic nitrogens is 4. The minimum Gasteiger partial charge on any atom is -0.347 e. The molecule has 0 bridgehead atoms. The van der Waals surface area contributed by atoms with E-state index in [2.05, 4.69) is 15.2 Å². The van der Waals surface area contributed by atoms with Crippen molar-refractivity contribution < 1.29 is 14.4 Å². The average Bonchev–Trinajstić information content (AvgIpc) is 3.27. The number of rotatable bonds is 7. The molecule has 0 atom stereocenters. The van der Waals surface area contributed by atoms with Gasteiger partial charge >= 0.3 is 0 Å². The van der Waals surface area contributed by atoms with Crippen molar-refractivity contribution in [2.24, 2.45) is 0 Å². The molecule has 1 N–H and O–H groups in total. The fraction of sp³-hybridized carbons (Fsp3) is 0.167. The van der Waals surface area contributed by atoms with Gasteiger partial charge in [-0.3, -0.25) is 19.5 Å². The molecule has 0 unspecified atom stereocenters. The predicted octanol–water partition coefficient (Wildman–Crippen LogP) is 1.85. The van der Waals surface area contributed by atoms with Crippen LogP contribution in [0.25, 0.3) is 0 Å². The summed E-state index contributed by atoms with van der Waals surface area (Å²) in [7, 11) is 0. The number of hydrogen-bond acceptors (Lipinski definition) is 5. The maximum atomic E-state index is 12.1. The molecule has 25 heavy (non-hydrogen) atoms. The van der Waals surface area contributed by atoms with Gasteiger partial charge < -0.3 is 4.57 Å². The number of H-pyrrole nitrogens is 1. The van der Waals surface area contributed by atoms with E-state index in [1.54, 1.807) is 18.2 Å². The summed E-state index contributed by atoms with van der Waals surface area (Å²) in [6.07, 6.45) is 3.02. The molecule has 0 saturated heterocycles. The second-order valence-electron chi connectivity index (χ2n) is 5.64. The molecule has 3 aromatic rings. The van der Waals surface area contributed by atoms with Crippen molar-refractivity contribution in [1.82, 2.24) is 19.7 Å². The van der Waals surface area contributed by atoms with Crippen molar-refractivity contribution in [3.05, 3.63) is 71.6 Å². The van der Waals surface area contributed by atoms with Gasteiger partial charge in [0.1, 0.15) is 6.33 Å². The summed E-state index contributed by atoms with van der Waals surface area (Å²) in [6, 6.07) is 10.9. The molecule has 0 amide bonds. The summed E-state index contributed by atoms with van der Waals surface area (Å²) >= 11 is 0. The first kappa shape index (κ1) is 16.5. The van der Waals surface area contributed by atoms with Gasteiger partial charge in [0, 0.05) is 24.0 Å². The quantitative estimate of drug-likeness (QED) is 0.524. The van der Waals surface area contributed by atoms with Crippen LogP contribution in [-0.2, 0) is 17.8 Å². The lowest BCUT2D eigenvalue weighted by molar-refractivity contribution is -0.114. The second-order valence-corrected chi connectivity index (χ2v) is 5.64. The molecular weight excluding hydrogens is 320 g/mol. The van der Waals surface area contributed by atoms with Gasteiger partial charge in [-0.1, -0.05) is 24.3 Å². The number of benzene rings is 1. The summed E-state index contributed by atoms with van der Waals surface area (Å²) in [5.41, 5.74) is 2.38. The van der Waals surface area contributed by atoms with Crippen LogP contribution in [0.15, 0.2) is 48.9 Å². The van der Waals surface area contributed by atoms with Crippen LogP contribution in [-0.4, -0.2) is 37.1 Å². The normalized spacial score (nSPS) is 10.6. The van der Waals surface area contributed by atoms with Crippen molar-refractivity contribution >= 4 is 17.3 Å². The van der Waals surface area contributed by atoms with Gasteiger partial charge in [0.15, 0.2) is 11.6 Å². The Morgan fingerprint density at radius 2 is 1.88 bits per heavy atom. The van der Waals surface area contributed by atoms with Crippen LogP contribution in [0.2, 0.25) is 0 Å². The lowest BCUT2D eigenvalue weighted by Gasteiger charge is -2.09. The van der Waals surface area contributed by atoms with Gasteiger partial charge in [0.2, 0.25) is 5.78 Å². The summed E-state index contributed by atoms with van der Waals surface area (Å²) in [5.74, 6) is -1.27. The third kappa shape index (κ3) is 3.77. The zero-order valence-corrected chi connectivity index (χ0v) is 13.6. The van der Waals surface area contributed by atoms with Crippen LogP contribution < -0.4 is 0 Å². The van der Waals surface area contributed by atoms with E-state index in [1.165, 1.54) is 13.3 Å². The SMILES string of the molecule is CC(=O)c1ccc(Cn2cccc2CC(=O)C(=O)c2ncn[nH]2)cc1. The Kier molecular flexibility index (Phi) is 4.65. The molecule has 0 fully saturated rings. The van der Waals surface area contributed by atoms with Gasteiger partial charge in [-0.25, -0.2) is 4.98 Å². The number of nitrogens with zero attached hydrogens (tertiary/aromatic N) is 3. The van der Waals surface area contributed by atoms with Gasteiger partial charge in [0.05, 0.1) is 6.42 Å². The first-order valence-electron chi connectivity index (χ1n) is 7.71. The maximum Gasteiger partial charge on any atom is 0.265 e. The molecule has 0 saturated carbocycles. The monoisotopic (exact) mass is 336 g/mol. The summed E-state index contributed by atoms with van der Waals surface area (Å²) < 4.78 is 1.90. The number of carbonyl (C=O) groups is 3. The second kappa shape index (κ2) is 7.04. The highest BCUT2D eigenvalue weighted by Crippen LogP contribution is 2.11. The third-order valence-electron chi connectivity index (χ3n) is 3.86. The van der Waals surface area contributed by atoms with Crippen molar-refractivity contribution in [3.8, 4) is 0 Å². The summed E-state index contributed by atoms with van der Waals surface area (Å²) in [4.78, 5) is 39.2. The summed E-state index contributed by atoms with van der Waals surface area (Å²) in [6.45, 7) is 2.07. The van der Waals surface area contributed by atoms with E-state index < -0.39 is 11.6 Å². The Hall–Kier alpha value is -3.35. The standard InChI is InChI=1S/C18H16N4O3/c1-12(23)14-6-4-13(5-7-14)10-22-8-2-3-15(22)9-16(24)17(25)18-19-11-20-21-18/h2-8,11H,9-10H2,1H3,(H,19,20,21). The lowest BCUT2D eigenvalue weighted by atomic mass is 10.1. The molecule has 1 aromatic carbocycles. The third-order valence-corrected chi connectivity index (χ3v) is 3.86. The highest BCUT2D eigenvalue weighted by atomic mass is 16.2. The fourth-order valence-electron chi connectivity index (χ4n) is 2.50. The minimum atomic E-state index is -0.684. The van der Waals surface area contributed by atoms with Gasteiger partial charge in [-0.05, 0) is 24.6 Å². The first-order valence-corrected chi connectivity index (χ1v) is 7.71. The number of aromatic amines is 1. The van der Waals surface area contributed by atoms with Crippen LogP contribution in [0.1, 0.15) is 39.2 Å². The van der Waals surface area contributed by atoms with Gasteiger partial charge in [-0.2, -0.15) is 5.10 Å². The Morgan fingerprint density at radius 3 is 2.52 bits per heavy atom. The molecule has 7 heteroatoms. The van der Waals surface area contributed by atoms with Gasteiger partial charge in [0.25, 0.3) is 5.78 Å². The molecule has 126 valence electrons. The fourth-order valence-corrected chi connectivity index (χ4v) is 2.50. The molecule has 2 heterocycles.